The van der Waals surface area contributed by atoms with Crippen LogP contribution in [-0.4, -0.2) is 61.9 Å². The minimum Gasteiger partial charge on any atom is -0.370 e. The summed E-state index contributed by atoms with van der Waals surface area (Å²) in [6, 6.07) is 8.52. The molecule has 0 fully saturated rings. The molecule has 0 saturated carbocycles. The van der Waals surface area contributed by atoms with Crippen molar-refractivity contribution in [2.24, 2.45) is 27.9 Å². The van der Waals surface area contributed by atoms with Gasteiger partial charge >= 0.3 is 0 Å². The van der Waals surface area contributed by atoms with Crippen molar-refractivity contribution in [2.45, 2.75) is 82.7 Å². The van der Waals surface area contributed by atoms with Gasteiger partial charge in [-0.15, -0.1) is 0 Å². The van der Waals surface area contributed by atoms with Gasteiger partial charge in [-0.25, -0.2) is 0 Å². The Morgan fingerprint density at radius 2 is 1.39 bits per heavy atom. The zero-order chi connectivity index (χ0) is 28.0. The summed E-state index contributed by atoms with van der Waals surface area (Å²) in [5.74, 6) is -0.758. The van der Waals surface area contributed by atoms with Crippen LogP contribution in [0, 0.1) is 0 Å². The minimum atomic E-state index is -0.727. The largest absolute Gasteiger partial charge is 0.370 e. The van der Waals surface area contributed by atoms with Crippen molar-refractivity contribution in [1.29, 1.82) is 0 Å². The zero-order valence-electron chi connectivity index (χ0n) is 22.6. The van der Waals surface area contributed by atoms with Crippen LogP contribution in [0.25, 0.3) is 0 Å². The Morgan fingerprint density at radius 3 is 2.00 bits per heavy atom. The molecular weight excluding hydrogens is 484 g/mol. The van der Waals surface area contributed by atoms with Gasteiger partial charge in [0, 0.05) is 19.5 Å². The van der Waals surface area contributed by atoms with Gasteiger partial charge in [0.1, 0.15) is 12.1 Å². The molecule has 0 aliphatic heterocycles. The quantitative estimate of drug-likeness (QED) is 0.0674. The normalized spacial score (nSPS) is 12.3. The molecule has 0 aliphatic rings. The summed E-state index contributed by atoms with van der Waals surface area (Å²) < 4.78 is 0. The van der Waals surface area contributed by atoms with E-state index in [0.717, 1.165) is 25.7 Å². The van der Waals surface area contributed by atoms with Crippen molar-refractivity contribution in [1.82, 2.24) is 16.0 Å². The first kappa shape index (κ1) is 32.8. The second-order valence-electron chi connectivity index (χ2n) is 9.39. The summed E-state index contributed by atoms with van der Waals surface area (Å²) in [5, 5.41) is 8.62. The highest BCUT2D eigenvalue weighted by atomic mass is 16.2. The van der Waals surface area contributed by atoms with Gasteiger partial charge in [-0.2, -0.15) is 0 Å². The Labute approximate surface area is 226 Å². The number of rotatable bonds is 21. The van der Waals surface area contributed by atoms with Crippen molar-refractivity contribution in [3.63, 3.8) is 0 Å². The topological polar surface area (TPSA) is 204 Å². The van der Waals surface area contributed by atoms with Crippen LogP contribution >= 0.6 is 0 Å². The molecule has 3 amide bonds. The number of amides is 3. The van der Waals surface area contributed by atoms with Crippen LogP contribution in [-0.2, 0) is 20.8 Å². The van der Waals surface area contributed by atoms with Crippen molar-refractivity contribution in [2.75, 3.05) is 26.2 Å². The van der Waals surface area contributed by atoms with Crippen molar-refractivity contribution in [3.05, 3.63) is 35.9 Å². The SMILES string of the molecule is NCCCC[C@H](NC(=O)CCCc1ccccc1)C(=O)N[C@@H](CCCCN)C(=O)NCCCCN=C(N)N. The van der Waals surface area contributed by atoms with E-state index in [2.05, 4.69) is 20.9 Å². The maximum Gasteiger partial charge on any atom is 0.243 e. The molecule has 11 nitrogen and oxygen atoms in total. The van der Waals surface area contributed by atoms with Crippen molar-refractivity contribution < 1.29 is 14.4 Å². The van der Waals surface area contributed by atoms with E-state index in [1.54, 1.807) is 0 Å². The fourth-order valence-corrected chi connectivity index (χ4v) is 3.94. The highest BCUT2D eigenvalue weighted by Crippen LogP contribution is 2.08. The van der Waals surface area contributed by atoms with E-state index in [1.165, 1.54) is 5.56 Å². The number of benzene rings is 1. The molecule has 2 atom stereocenters. The number of nitrogens with zero attached hydrogens (tertiary/aromatic N) is 1. The second kappa shape index (κ2) is 20.8. The molecule has 0 saturated heterocycles. The second-order valence-corrected chi connectivity index (χ2v) is 9.39. The van der Waals surface area contributed by atoms with Gasteiger partial charge < -0.3 is 38.9 Å². The predicted molar refractivity (Wildman–Crippen MR) is 152 cm³/mol. The summed E-state index contributed by atoms with van der Waals surface area (Å²) >= 11 is 0. The highest BCUT2D eigenvalue weighted by Gasteiger charge is 2.26. The first-order chi connectivity index (χ1) is 18.4. The van der Waals surface area contributed by atoms with Crippen LogP contribution in [0.2, 0.25) is 0 Å². The molecule has 11 heteroatoms. The number of aryl methyl sites for hydroxylation is 1. The molecule has 1 aromatic rings. The maximum atomic E-state index is 13.2. The number of unbranched alkanes of at least 4 members (excludes halogenated alkanes) is 3. The van der Waals surface area contributed by atoms with Crippen LogP contribution in [0.3, 0.4) is 0 Å². The molecular formula is C27H48N8O3. The van der Waals surface area contributed by atoms with Crippen LogP contribution in [0.1, 0.15) is 69.8 Å². The molecule has 0 spiro atoms. The summed E-state index contributed by atoms with van der Waals surface area (Å²) in [7, 11) is 0. The number of nitrogens with one attached hydrogen (secondary N) is 3. The summed E-state index contributed by atoms with van der Waals surface area (Å²) in [6.07, 6.45) is 7.00. The van der Waals surface area contributed by atoms with Crippen molar-refractivity contribution >= 4 is 23.7 Å². The fraction of sp³-hybridized carbons (Fsp3) is 0.630. The lowest BCUT2D eigenvalue weighted by Gasteiger charge is -2.23. The predicted octanol–water partition coefficient (Wildman–Crippen LogP) is 0.407. The molecule has 11 N–H and O–H groups in total. The van der Waals surface area contributed by atoms with Gasteiger partial charge in [0.15, 0.2) is 5.96 Å². The van der Waals surface area contributed by atoms with Crippen LogP contribution < -0.4 is 38.9 Å². The van der Waals surface area contributed by atoms with Gasteiger partial charge in [0.2, 0.25) is 17.7 Å². The summed E-state index contributed by atoms with van der Waals surface area (Å²) in [5.41, 5.74) is 23.0. The van der Waals surface area contributed by atoms with Crippen molar-refractivity contribution in [3.8, 4) is 0 Å². The average molecular weight is 533 g/mol. The molecule has 1 rings (SSSR count). The standard InChI is InChI=1S/C27H48N8O3/c28-17-6-4-14-22(25(37)32-19-8-9-20-33-27(30)31)35-26(38)23(15-5-7-18-29)34-24(36)16-10-13-21-11-2-1-3-12-21/h1-3,11-12,22-23H,4-10,13-20,28-29H2,(H,32,37)(H,34,36)(H,35,38)(H4,30,31,33)/t22-,23-/m0/s1. The Hall–Kier alpha value is -3.18. The van der Waals surface area contributed by atoms with Crippen LogP contribution in [0.4, 0.5) is 0 Å². The number of aliphatic imine (C=N–C) groups is 1. The number of nitrogens with two attached hydrogens (primary N) is 4. The van der Waals surface area contributed by atoms with E-state index < -0.39 is 12.1 Å². The molecule has 1 aromatic carbocycles. The highest BCUT2D eigenvalue weighted by molar-refractivity contribution is 5.92. The number of hydrogen-bond donors (Lipinski definition) is 7. The van der Waals surface area contributed by atoms with Crippen LogP contribution in [0.5, 0.6) is 0 Å². The Balaban J connectivity index is 2.67. The van der Waals surface area contributed by atoms with E-state index in [0.29, 0.717) is 71.1 Å². The lowest BCUT2D eigenvalue weighted by molar-refractivity contribution is -0.132. The van der Waals surface area contributed by atoms with Gasteiger partial charge in [-0.05, 0) is 82.9 Å². The molecule has 214 valence electrons. The number of carbonyl (C=O) groups is 3. The van der Waals surface area contributed by atoms with Gasteiger partial charge in [0.05, 0.1) is 0 Å². The average Bonchev–Trinajstić information content (AvgIpc) is 2.90. The lowest BCUT2D eigenvalue weighted by atomic mass is 10.0. The molecule has 0 unspecified atom stereocenters. The van der Waals surface area contributed by atoms with E-state index in [4.69, 9.17) is 22.9 Å². The lowest BCUT2D eigenvalue weighted by Crippen LogP contribution is -2.53. The van der Waals surface area contributed by atoms with E-state index in [9.17, 15) is 14.4 Å². The number of hydrogen-bond acceptors (Lipinski definition) is 6. The molecule has 0 aliphatic carbocycles. The zero-order valence-corrected chi connectivity index (χ0v) is 22.6. The Kier molecular flexibility index (Phi) is 18.0. The Bertz CT molecular complexity index is 831. The smallest absolute Gasteiger partial charge is 0.243 e. The first-order valence-corrected chi connectivity index (χ1v) is 13.7. The first-order valence-electron chi connectivity index (χ1n) is 13.7. The van der Waals surface area contributed by atoms with E-state index >= 15 is 0 Å². The fourth-order valence-electron chi connectivity index (χ4n) is 3.94. The van der Waals surface area contributed by atoms with E-state index in [1.807, 2.05) is 30.3 Å². The van der Waals surface area contributed by atoms with Gasteiger partial charge in [0.25, 0.3) is 0 Å². The molecule has 38 heavy (non-hydrogen) atoms. The van der Waals surface area contributed by atoms with E-state index in [-0.39, 0.29) is 23.7 Å². The third-order valence-electron chi connectivity index (χ3n) is 6.07. The monoisotopic (exact) mass is 532 g/mol. The minimum absolute atomic E-state index is 0.0426. The van der Waals surface area contributed by atoms with Gasteiger partial charge in [-0.3, -0.25) is 19.4 Å². The summed E-state index contributed by atoms with van der Waals surface area (Å²) in [4.78, 5) is 42.6. The molecule has 0 radical (unpaired) electrons. The third-order valence-corrected chi connectivity index (χ3v) is 6.07. The summed E-state index contributed by atoms with van der Waals surface area (Å²) in [6.45, 7) is 1.95. The Morgan fingerprint density at radius 1 is 0.763 bits per heavy atom. The molecule has 0 aromatic heterocycles. The maximum absolute atomic E-state index is 13.2. The number of guanidine groups is 1. The van der Waals surface area contributed by atoms with Crippen LogP contribution in [0.15, 0.2) is 35.3 Å². The molecule has 0 bridgehead atoms. The third kappa shape index (κ3) is 15.8. The van der Waals surface area contributed by atoms with Gasteiger partial charge in [-0.1, -0.05) is 30.3 Å². The number of carbonyl (C=O) groups excluding carboxylic acids is 3. The molecule has 0 heterocycles.